The normalized spacial score (nSPS) is 10.7. The highest BCUT2D eigenvalue weighted by Crippen LogP contribution is 2.31. The number of pyridine rings is 1. The Kier molecular flexibility index (Phi) is 5.05. The molecule has 3 heterocycles. The molecule has 154 valence electrons. The van der Waals surface area contributed by atoms with Gasteiger partial charge in [-0.2, -0.15) is 10.4 Å². The van der Waals surface area contributed by atoms with E-state index in [0.29, 0.717) is 28.3 Å². The number of rotatable bonds is 4. The van der Waals surface area contributed by atoms with Crippen LogP contribution in [0.3, 0.4) is 0 Å². The van der Waals surface area contributed by atoms with Crippen LogP contribution >= 0.6 is 0 Å². The van der Waals surface area contributed by atoms with Crippen molar-refractivity contribution in [3.8, 4) is 34.0 Å². The largest absolute Gasteiger partial charge is 0.347 e. The van der Waals surface area contributed by atoms with Crippen LogP contribution in [0.15, 0.2) is 60.0 Å². The molecule has 3 aromatic heterocycles. The van der Waals surface area contributed by atoms with Crippen LogP contribution in [0, 0.1) is 17.1 Å². The van der Waals surface area contributed by atoms with Crippen LogP contribution in [-0.2, 0) is 7.05 Å². The van der Waals surface area contributed by atoms with Crippen LogP contribution in [-0.4, -0.2) is 38.4 Å². The first-order valence-electron chi connectivity index (χ1n) is 9.33. The molecule has 9 heteroatoms. The lowest BCUT2D eigenvalue weighted by molar-refractivity contribution is 0.621. The van der Waals surface area contributed by atoms with Crippen LogP contribution in [0.1, 0.15) is 5.56 Å². The minimum Gasteiger partial charge on any atom is -0.347 e. The van der Waals surface area contributed by atoms with E-state index in [0.717, 1.165) is 5.56 Å². The molecule has 0 saturated heterocycles. The van der Waals surface area contributed by atoms with E-state index in [1.807, 2.05) is 20.2 Å². The molecule has 0 aliphatic heterocycles. The lowest BCUT2D eigenvalue weighted by Crippen LogP contribution is -2.16. The summed E-state index contributed by atoms with van der Waals surface area (Å²) in [4.78, 5) is 22.8. The van der Waals surface area contributed by atoms with E-state index in [2.05, 4.69) is 15.1 Å². The number of aromatic nitrogens is 5. The van der Waals surface area contributed by atoms with Gasteiger partial charge >= 0.3 is 0 Å². The average molecular weight is 415 g/mol. The van der Waals surface area contributed by atoms with Crippen molar-refractivity contribution in [3.63, 3.8) is 0 Å². The second-order valence-electron chi connectivity index (χ2n) is 7.14. The van der Waals surface area contributed by atoms with Crippen molar-refractivity contribution in [3.05, 3.63) is 77.0 Å². The molecular weight excluding hydrogens is 397 g/mol. The summed E-state index contributed by atoms with van der Waals surface area (Å²) in [7, 11) is 5.34. The third-order valence-electron chi connectivity index (χ3n) is 4.82. The molecular formula is C22H18FN7O. The van der Waals surface area contributed by atoms with Gasteiger partial charge in [0.25, 0.3) is 5.56 Å². The average Bonchev–Trinajstić information content (AvgIpc) is 3.25. The van der Waals surface area contributed by atoms with E-state index < -0.39 is 5.82 Å². The predicted molar refractivity (Wildman–Crippen MR) is 114 cm³/mol. The van der Waals surface area contributed by atoms with Crippen molar-refractivity contribution in [2.75, 3.05) is 19.0 Å². The maximum absolute atomic E-state index is 14.0. The zero-order valence-electron chi connectivity index (χ0n) is 17.1. The number of anilines is 1. The molecule has 0 spiro atoms. The number of hydrogen-bond acceptors (Lipinski definition) is 6. The van der Waals surface area contributed by atoms with Gasteiger partial charge in [-0.05, 0) is 17.7 Å². The number of hydrogen-bond donors (Lipinski definition) is 0. The van der Waals surface area contributed by atoms with E-state index in [-0.39, 0.29) is 11.1 Å². The van der Waals surface area contributed by atoms with E-state index in [4.69, 9.17) is 0 Å². The summed E-state index contributed by atoms with van der Waals surface area (Å²) in [6.07, 6.45) is 8.31. The van der Waals surface area contributed by atoms with Gasteiger partial charge in [-0.3, -0.25) is 4.79 Å². The Hall–Kier alpha value is -4.32. The fraction of sp³-hybridized carbons (Fsp3) is 0.136. The Bertz CT molecular complexity index is 1360. The molecule has 0 atom stereocenters. The van der Waals surface area contributed by atoms with Gasteiger partial charge < -0.3 is 9.47 Å². The van der Waals surface area contributed by atoms with Crippen LogP contribution < -0.4 is 10.5 Å². The predicted octanol–water partition coefficient (Wildman–Crippen LogP) is 2.77. The van der Waals surface area contributed by atoms with E-state index in [1.165, 1.54) is 27.4 Å². The quantitative estimate of drug-likeness (QED) is 0.509. The summed E-state index contributed by atoms with van der Waals surface area (Å²) in [6.45, 7) is 0. The van der Waals surface area contributed by atoms with E-state index in [9.17, 15) is 14.4 Å². The Morgan fingerprint density at radius 1 is 1.06 bits per heavy atom. The Balaban J connectivity index is 1.85. The first-order valence-corrected chi connectivity index (χ1v) is 9.33. The van der Waals surface area contributed by atoms with Crippen molar-refractivity contribution in [2.45, 2.75) is 0 Å². The van der Waals surface area contributed by atoms with Crippen molar-refractivity contribution in [1.29, 1.82) is 5.26 Å². The molecule has 8 nitrogen and oxygen atoms in total. The first-order chi connectivity index (χ1) is 14.9. The molecule has 0 fully saturated rings. The van der Waals surface area contributed by atoms with Crippen molar-refractivity contribution >= 4 is 5.95 Å². The number of aryl methyl sites for hydroxylation is 1. The molecule has 4 aromatic rings. The molecule has 0 amide bonds. The summed E-state index contributed by atoms with van der Waals surface area (Å²) in [5.74, 6) is -0.0601. The fourth-order valence-corrected chi connectivity index (χ4v) is 3.20. The van der Waals surface area contributed by atoms with Gasteiger partial charge in [0, 0.05) is 68.7 Å². The highest BCUT2D eigenvalue weighted by Gasteiger charge is 2.16. The van der Waals surface area contributed by atoms with E-state index >= 15 is 0 Å². The standard InChI is InChI=1S/C22H18FN7O/c1-28(2)22-25-9-14(10-26-22)16-7-21(31)29(3)13-18(16)15-11-27-30(12-15)20-6-4-5-19(23)17(20)8-24/h4-7,9-13H,1-3H3. The fourth-order valence-electron chi connectivity index (χ4n) is 3.20. The maximum Gasteiger partial charge on any atom is 0.250 e. The van der Waals surface area contributed by atoms with Crippen molar-refractivity contribution in [2.24, 2.45) is 7.05 Å². The van der Waals surface area contributed by atoms with Gasteiger partial charge in [-0.25, -0.2) is 19.0 Å². The smallest absolute Gasteiger partial charge is 0.250 e. The van der Waals surface area contributed by atoms with Crippen LogP contribution in [0.5, 0.6) is 0 Å². The van der Waals surface area contributed by atoms with Crippen LogP contribution in [0.25, 0.3) is 27.9 Å². The second-order valence-corrected chi connectivity index (χ2v) is 7.14. The number of nitrogens with zero attached hydrogens (tertiary/aromatic N) is 7. The molecule has 0 bridgehead atoms. The Morgan fingerprint density at radius 3 is 2.48 bits per heavy atom. The molecule has 0 aliphatic rings. The van der Waals surface area contributed by atoms with Crippen LogP contribution in [0.4, 0.5) is 10.3 Å². The van der Waals surface area contributed by atoms with Gasteiger partial charge in [0.05, 0.1) is 11.9 Å². The minimum atomic E-state index is -0.613. The van der Waals surface area contributed by atoms with Gasteiger partial charge in [0.15, 0.2) is 0 Å². The van der Waals surface area contributed by atoms with Crippen molar-refractivity contribution in [1.82, 2.24) is 24.3 Å². The topological polar surface area (TPSA) is 92.6 Å². The van der Waals surface area contributed by atoms with Gasteiger partial charge in [0.1, 0.15) is 17.4 Å². The molecule has 0 aliphatic carbocycles. The summed E-state index contributed by atoms with van der Waals surface area (Å²) in [6, 6.07) is 7.77. The Morgan fingerprint density at radius 2 is 1.81 bits per heavy atom. The lowest BCUT2D eigenvalue weighted by Gasteiger charge is -2.12. The number of benzene rings is 1. The number of nitriles is 1. The highest BCUT2D eigenvalue weighted by molar-refractivity contribution is 5.82. The zero-order valence-corrected chi connectivity index (χ0v) is 17.1. The van der Waals surface area contributed by atoms with Gasteiger partial charge in [-0.15, -0.1) is 0 Å². The summed E-state index contributed by atoms with van der Waals surface area (Å²) in [5.41, 5.74) is 2.80. The molecule has 0 saturated carbocycles. The van der Waals surface area contributed by atoms with Gasteiger partial charge in [0.2, 0.25) is 5.95 Å². The van der Waals surface area contributed by atoms with Gasteiger partial charge in [-0.1, -0.05) is 6.07 Å². The lowest BCUT2D eigenvalue weighted by atomic mass is 10.0. The minimum absolute atomic E-state index is 0.0921. The monoisotopic (exact) mass is 415 g/mol. The molecule has 0 unspecified atom stereocenters. The summed E-state index contributed by atoms with van der Waals surface area (Å²) in [5, 5.41) is 13.6. The highest BCUT2D eigenvalue weighted by atomic mass is 19.1. The van der Waals surface area contributed by atoms with E-state index in [1.54, 1.807) is 49.0 Å². The summed E-state index contributed by atoms with van der Waals surface area (Å²) < 4.78 is 16.9. The Labute approximate surface area is 177 Å². The third-order valence-corrected chi connectivity index (χ3v) is 4.82. The van der Waals surface area contributed by atoms with Crippen LogP contribution in [0.2, 0.25) is 0 Å². The molecule has 1 aromatic carbocycles. The third kappa shape index (κ3) is 3.67. The SMILES string of the molecule is CN(C)c1ncc(-c2cc(=O)n(C)cc2-c2cnn(-c3cccc(F)c3C#N)c2)cn1. The second kappa shape index (κ2) is 7.84. The summed E-state index contributed by atoms with van der Waals surface area (Å²) >= 11 is 0. The first kappa shape index (κ1) is 20.0. The molecule has 0 N–H and O–H groups in total. The zero-order chi connectivity index (χ0) is 22.1. The molecule has 0 radical (unpaired) electrons. The van der Waals surface area contributed by atoms with Crippen molar-refractivity contribution < 1.29 is 4.39 Å². The number of halogens is 1. The molecule has 4 rings (SSSR count). The maximum atomic E-state index is 14.0. The molecule has 31 heavy (non-hydrogen) atoms.